The highest BCUT2D eigenvalue weighted by Gasteiger charge is 2.28. The number of pyridine rings is 1. The monoisotopic (exact) mass is 313 g/mol. The Labute approximate surface area is 134 Å². The molecule has 0 aromatic carbocycles. The van der Waals surface area contributed by atoms with Crippen molar-refractivity contribution in [1.29, 1.82) is 0 Å². The van der Waals surface area contributed by atoms with Gasteiger partial charge in [0, 0.05) is 45.3 Å². The summed E-state index contributed by atoms with van der Waals surface area (Å²) in [5.41, 5.74) is 0.580. The Hall–Kier alpha value is -2.57. The zero-order valence-corrected chi connectivity index (χ0v) is 12.9. The van der Waals surface area contributed by atoms with Crippen molar-refractivity contribution in [3.05, 3.63) is 36.2 Å². The van der Waals surface area contributed by atoms with Crippen LogP contribution in [0.1, 0.15) is 16.8 Å². The minimum Gasteiger partial charge on any atom is -0.477 e. The number of piperazine rings is 1. The predicted molar refractivity (Wildman–Crippen MR) is 84.7 cm³/mol. The number of aryl methyl sites for hydroxylation is 1. The molecule has 1 fully saturated rings. The molecule has 7 heteroatoms. The number of nitrogens with zero attached hydrogens (tertiary/aromatic N) is 5. The van der Waals surface area contributed by atoms with Gasteiger partial charge >= 0.3 is 0 Å². The third kappa shape index (κ3) is 2.62. The normalized spacial score (nSPS) is 17.6. The number of carbonyl (C=O) groups is 1. The van der Waals surface area contributed by atoms with E-state index in [0.717, 1.165) is 31.9 Å². The molecule has 0 bridgehead atoms. The number of fused-ring (bicyclic) bond motifs is 1. The number of aromatic nitrogens is 3. The lowest BCUT2D eigenvalue weighted by molar-refractivity contribution is 0.0739. The largest absolute Gasteiger partial charge is 0.477 e. The van der Waals surface area contributed by atoms with E-state index in [2.05, 4.69) is 15.0 Å². The fourth-order valence-corrected chi connectivity index (χ4v) is 3.07. The Morgan fingerprint density at radius 2 is 2.00 bits per heavy atom. The summed E-state index contributed by atoms with van der Waals surface area (Å²) >= 11 is 0. The fraction of sp³-hybridized carbons (Fsp3) is 0.438. The predicted octanol–water partition coefficient (Wildman–Crippen LogP) is 1.02. The number of carbonyl (C=O) groups excluding carboxylic acids is 1. The van der Waals surface area contributed by atoms with Gasteiger partial charge in [0.25, 0.3) is 5.91 Å². The van der Waals surface area contributed by atoms with E-state index in [9.17, 15) is 4.79 Å². The highest BCUT2D eigenvalue weighted by Crippen LogP contribution is 2.24. The van der Waals surface area contributed by atoms with E-state index < -0.39 is 0 Å². The zero-order chi connectivity index (χ0) is 15.6. The first-order valence-corrected chi connectivity index (χ1v) is 7.97. The van der Waals surface area contributed by atoms with Gasteiger partial charge in [-0.15, -0.1) is 0 Å². The smallest absolute Gasteiger partial charge is 0.261 e. The summed E-state index contributed by atoms with van der Waals surface area (Å²) in [4.78, 5) is 21.2. The van der Waals surface area contributed by atoms with Gasteiger partial charge in [-0.1, -0.05) is 6.07 Å². The average Bonchev–Trinajstić information content (AvgIpc) is 3.06. The van der Waals surface area contributed by atoms with Crippen LogP contribution in [0.3, 0.4) is 0 Å². The lowest BCUT2D eigenvalue weighted by Gasteiger charge is -2.35. The molecule has 0 unspecified atom stereocenters. The molecule has 4 rings (SSSR count). The fourth-order valence-electron chi connectivity index (χ4n) is 3.07. The second kappa shape index (κ2) is 5.91. The van der Waals surface area contributed by atoms with E-state index in [4.69, 9.17) is 4.74 Å². The highest BCUT2D eigenvalue weighted by molar-refractivity contribution is 5.96. The van der Waals surface area contributed by atoms with E-state index in [0.29, 0.717) is 31.1 Å². The quantitative estimate of drug-likeness (QED) is 0.828. The molecule has 2 aliphatic heterocycles. The molecule has 0 spiro atoms. The van der Waals surface area contributed by atoms with E-state index in [1.54, 1.807) is 17.1 Å². The van der Waals surface area contributed by atoms with Crippen molar-refractivity contribution < 1.29 is 9.53 Å². The van der Waals surface area contributed by atoms with Crippen LogP contribution in [0.2, 0.25) is 0 Å². The van der Waals surface area contributed by atoms with Gasteiger partial charge in [0.05, 0.1) is 12.8 Å². The number of anilines is 1. The molecule has 0 aliphatic carbocycles. The molecule has 1 saturated heterocycles. The Balaban J connectivity index is 1.44. The maximum Gasteiger partial charge on any atom is 0.261 e. The van der Waals surface area contributed by atoms with Crippen molar-refractivity contribution in [3.8, 4) is 5.88 Å². The van der Waals surface area contributed by atoms with Gasteiger partial charge in [-0.2, -0.15) is 5.10 Å². The molecule has 1 amide bonds. The summed E-state index contributed by atoms with van der Waals surface area (Å²) < 4.78 is 7.41. The average molecular weight is 313 g/mol. The molecule has 23 heavy (non-hydrogen) atoms. The Morgan fingerprint density at radius 3 is 2.78 bits per heavy atom. The number of amides is 1. The van der Waals surface area contributed by atoms with Crippen LogP contribution in [-0.4, -0.2) is 58.4 Å². The lowest BCUT2D eigenvalue weighted by atomic mass is 10.2. The van der Waals surface area contributed by atoms with Gasteiger partial charge < -0.3 is 14.5 Å². The molecule has 0 N–H and O–H groups in total. The number of hydrogen-bond acceptors (Lipinski definition) is 5. The summed E-state index contributed by atoms with van der Waals surface area (Å²) in [5, 5.41) is 4.26. The van der Waals surface area contributed by atoms with Gasteiger partial charge in [-0.05, 0) is 12.1 Å². The summed E-state index contributed by atoms with van der Waals surface area (Å²) in [6, 6.07) is 5.89. The molecule has 0 saturated carbocycles. The summed E-state index contributed by atoms with van der Waals surface area (Å²) in [7, 11) is 0. The number of ether oxygens (including phenoxy) is 1. The first kappa shape index (κ1) is 14.0. The zero-order valence-electron chi connectivity index (χ0n) is 12.9. The molecular formula is C16H19N5O2. The first-order valence-electron chi connectivity index (χ1n) is 7.97. The van der Waals surface area contributed by atoms with Crippen molar-refractivity contribution >= 4 is 11.7 Å². The third-order valence-corrected chi connectivity index (χ3v) is 4.31. The van der Waals surface area contributed by atoms with E-state index in [1.807, 2.05) is 23.1 Å². The summed E-state index contributed by atoms with van der Waals surface area (Å²) in [6.07, 6.45) is 4.36. The van der Waals surface area contributed by atoms with Crippen LogP contribution in [0.4, 0.5) is 5.82 Å². The summed E-state index contributed by atoms with van der Waals surface area (Å²) in [6.45, 7) is 4.40. The topological polar surface area (TPSA) is 63.5 Å². The molecule has 0 atom stereocenters. The van der Waals surface area contributed by atoms with Crippen molar-refractivity contribution in [2.45, 2.75) is 13.0 Å². The van der Waals surface area contributed by atoms with Gasteiger partial charge in [-0.3, -0.25) is 4.79 Å². The Morgan fingerprint density at radius 1 is 1.13 bits per heavy atom. The molecule has 4 heterocycles. The van der Waals surface area contributed by atoms with Gasteiger partial charge in [0.2, 0.25) is 5.88 Å². The minimum absolute atomic E-state index is 0.00817. The maximum absolute atomic E-state index is 12.7. The van der Waals surface area contributed by atoms with Crippen molar-refractivity contribution in [1.82, 2.24) is 19.7 Å². The van der Waals surface area contributed by atoms with E-state index in [1.165, 1.54) is 0 Å². The highest BCUT2D eigenvalue weighted by atomic mass is 16.5. The second-order valence-corrected chi connectivity index (χ2v) is 5.76. The van der Waals surface area contributed by atoms with Crippen LogP contribution in [-0.2, 0) is 6.54 Å². The van der Waals surface area contributed by atoms with Gasteiger partial charge in [0.15, 0.2) is 0 Å². The summed E-state index contributed by atoms with van der Waals surface area (Å²) in [5.74, 6) is 1.59. The van der Waals surface area contributed by atoms with Crippen LogP contribution in [0.15, 0.2) is 30.6 Å². The van der Waals surface area contributed by atoms with Gasteiger partial charge in [-0.25, -0.2) is 9.67 Å². The van der Waals surface area contributed by atoms with Crippen LogP contribution < -0.4 is 9.64 Å². The minimum atomic E-state index is 0.00817. The molecule has 120 valence electrons. The SMILES string of the molecule is O=C(c1cnn2c1OCCC2)N1CCN(c2ccccn2)CC1. The molecule has 2 aromatic rings. The van der Waals surface area contributed by atoms with Crippen LogP contribution >= 0.6 is 0 Å². The number of hydrogen-bond donors (Lipinski definition) is 0. The Kier molecular flexibility index (Phi) is 3.61. The molecule has 7 nitrogen and oxygen atoms in total. The van der Waals surface area contributed by atoms with E-state index >= 15 is 0 Å². The van der Waals surface area contributed by atoms with Crippen molar-refractivity contribution in [2.24, 2.45) is 0 Å². The third-order valence-electron chi connectivity index (χ3n) is 4.31. The Bertz CT molecular complexity index is 692. The van der Waals surface area contributed by atoms with Crippen molar-refractivity contribution in [2.75, 3.05) is 37.7 Å². The molecule has 2 aromatic heterocycles. The first-order chi connectivity index (χ1) is 11.3. The lowest BCUT2D eigenvalue weighted by Crippen LogP contribution is -2.49. The van der Waals surface area contributed by atoms with Crippen LogP contribution in [0.5, 0.6) is 5.88 Å². The standard InChI is InChI=1S/C16H19N5O2/c22-15(13-12-18-21-6-3-11-23-16(13)21)20-9-7-19(8-10-20)14-4-1-2-5-17-14/h1-2,4-5,12H,3,6-11H2. The van der Waals surface area contributed by atoms with Crippen molar-refractivity contribution in [3.63, 3.8) is 0 Å². The van der Waals surface area contributed by atoms with Crippen LogP contribution in [0.25, 0.3) is 0 Å². The molecule has 2 aliphatic rings. The van der Waals surface area contributed by atoms with Gasteiger partial charge in [0.1, 0.15) is 11.4 Å². The molecular weight excluding hydrogens is 294 g/mol. The second-order valence-electron chi connectivity index (χ2n) is 5.76. The maximum atomic E-state index is 12.7. The van der Waals surface area contributed by atoms with Crippen LogP contribution in [0, 0.1) is 0 Å². The number of rotatable bonds is 2. The molecule has 0 radical (unpaired) electrons. The van der Waals surface area contributed by atoms with E-state index in [-0.39, 0.29) is 5.91 Å².